The summed E-state index contributed by atoms with van der Waals surface area (Å²) in [5, 5.41) is 0. The number of carbonyl (C=O) groups excluding carboxylic acids is 1. The number of rotatable bonds is 6. The monoisotopic (exact) mass is 358 g/mol. The van der Waals surface area contributed by atoms with Crippen molar-refractivity contribution in [1.29, 1.82) is 0 Å². The second-order valence-corrected chi connectivity index (χ2v) is 6.74. The molecule has 0 bridgehead atoms. The lowest BCUT2D eigenvalue weighted by Gasteiger charge is -2.22. The van der Waals surface area contributed by atoms with Crippen LogP contribution in [0.3, 0.4) is 0 Å². The summed E-state index contributed by atoms with van der Waals surface area (Å²) in [4.78, 5) is 13.6. The van der Waals surface area contributed by atoms with Crippen molar-refractivity contribution in [2.24, 2.45) is 5.73 Å². The minimum atomic E-state index is -0.375. The van der Waals surface area contributed by atoms with E-state index in [9.17, 15) is 4.79 Å². The highest BCUT2D eigenvalue weighted by atomic mass is 79.9. The number of primary amides is 1. The fourth-order valence-electron chi connectivity index (χ4n) is 2.59. The van der Waals surface area contributed by atoms with E-state index in [2.05, 4.69) is 45.1 Å². The molecule has 0 aromatic heterocycles. The third kappa shape index (κ3) is 3.96. The lowest BCUT2D eigenvalue weighted by atomic mass is 10.1. The average Bonchev–Trinajstić information content (AvgIpc) is 3.34. The average molecular weight is 359 g/mol. The molecule has 4 heteroatoms. The van der Waals surface area contributed by atoms with Gasteiger partial charge in [-0.1, -0.05) is 40.2 Å². The van der Waals surface area contributed by atoms with E-state index >= 15 is 0 Å². The Balaban J connectivity index is 1.69. The third-order valence-electron chi connectivity index (χ3n) is 3.99. The summed E-state index contributed by atoms with van der Waals surface area (Å²) in [6.45, 7) is 1.86. The molecule has 2 aromatic carbocycles. The minimum Gasteiger partial charge on any atom is -0.366 e. The van der Waals surface area contributed by atoms with Crippen LogP contribution in [0.5, 0.6) is 0 Å². The Morgan fingerprint density at radius 2 is 1.50 bits per heavy atom. The first-order valence-electron chi connectivity index (χ1n) is 7.49. The predicted molar refractivity (Wildman–Crippen MR) is 91.4 cm³/mol. The molecule has 1 saturated carbocycles. The molecule has 0 saturated heterocycles. The first-order valence-corrected chi connectivity index (χ1v) is 8.28. The molecule has 1 fully saturated rings. The number of hydrogen-bond donors (Lipinski definition) is 1. The molecule has 1 amide bonds. The van der Waals surface area contributed by atoms with Crippen molar-refractivity contribution in [3.8, 4) is 0 Å². The quantitative estimate of drug-likeness (QED) is 0.855. The molecule has 2 N–H and O–H groups in total. The number of benzene rings is 2. The van der Waals surface area contributed by atoms with Crippen molar-refractivity contribution >= 4 is 21.8 Å². The summed E-state index contributed by atoms with van der Waals surface area (Å²) in [5.41, 5.74) is 8.39. The standard InChI is InChI=1S/C18H19BrN2O/c19-16-7-3-14(4-8-16)12-21(17-9-10-17)11-13-1-5-15(6-2-13)18(20)22/h1-8,17H,9-12H2,(H2,20,22). The molecule has 114 valence electrons. The van der Waals surface area contributed by atoms with Crippen LogP contribution in [0.25, 0.3) is 0 Å². The molecule has 0 atom stereocenters. The Hall–Kier alpha value is -1.65. The molecule has 1 aliphatic carbocycles. The lowest BCUT2D eigenvalue weighted by molar-refractivity contribution is 0.100. The van der Waals surface area contributed by atoms with E-state index in [1.807, 2.05) is 24.3 Å². The topological polar surface area (TPSA) is 46.3 Å². The normalized spacial score (nSPS) is 14.3. The van der Waals surface area contributed by atoms with Crippen molar-refractivity contribution in [2.45, 2.75) is 32.0 Å². The molecular formula is C18H19BrN2O. The second kappa shape index (κ2) is 6.63. The maximum atomic E-state index is 11.1. The van der Waals surface area contributed by atoms with Gasteiger partial charge in [0.1, 0.15) is 0 Å². The van der Waals surface area contributed by atoms with Gasteiger partial charge in [0.05, 0.1) is 0 Å². The van der Waals surface area contributed by atoms with Gasteiger partial charge < -0.3 is 5.73 Å². The Labute approximate surface area is 139 Å². The second-order valence-electron chi connectivity index (χ2n) is 5.82. The maximum Gasteiger partial charge on any atom is 0.248 e. The van der Waals surface area contributed by atoms with Crippen LogP contribution in [-0.2, 0) is 13.1 Å². The fourth-order valence-corrected chi connectivity index (χ4v) is 2.85. The van der Waals surface area contributed by atoms with Gasteiger partial charge in [0.2, 0.25) is 5.91 Å². The van der Waals surface area contributed by atoms with Crippen LogP contribution in [0.1, 0.15) is 34.3 Å². The van der Waals surface area contributed by atoms with Crippen LogP contribution in [0.15, 0.2) is 53.0 Å². The molecule has 0 aliphatic heterocycles. The van der Waals surface area contributed by atoms with Crippen molar-refractivity contribution in [1.82, 2.24) is 4.90 Å². The Morgan fingerprint density at radius 3 is 1.95 bits per heavy atom. The zero-order valence-electron chi connectivity index (χ0n) is 12.3. The summed E-state index contributed by atoms with van der Waals surface area (Å²) in [6, 6.07) is 16.8. The van der Waals surface area contributed by atoms with Crippen LogP contribution >= 0.6 is 15.9 Å². The van der Waals surface area contributed by atoms with E-state index in [-0.39, 0.29) is 5.91 Å². The molecule has 1 aliphatic rings. The SMILES string of the molecule is NC(=O)c1ccc(CN(Cc2ccc(Br)cc2)C2CC2)cc1. The van der Waals surface area contributed by atoms with Gasteiger partial charge >= 0.3 is 0 Å². The Morgan fingerprint density at radius 1 is 1.00 bits per heavy atom. The first kappa shape index (κ1) is 15.3. The number of nitrogens with zero attached hydrogens (tertiary/aromatic N) is 1. The smallest absolute Gasteiger partial charge is 0.248 e. The van der Waals surface area contributed by atoms with E-state index in [1.165, 1.54) is 24.0 Å². The van der Waals surface area contributed by atoms with E-state index in [0.717, 1.165) is 17.6 Å². The number of nitrogens with two attached hydrogens (primary N) is 1. The molecule has 3 nitrogen and oxygen atoms in total. The highest BCUT2D eigenvalue weighted by Crippen LogP contribution is 2.30. The van der Waals surface area contributed by atoms with Crippen LogP contribution in [-0.4, -0.2) is 16.8 Å². The predicted octanol–water partition coefficient (Wildman–Crippen LogP) is 3.71. The van der Waals surface area contributed by atoms with Gasteiger partial charge in [0.15, 0.2) is 0 Å². The van der Waals surface area contributed by atoms with Gasteiger partial charge in [-0.25, -0.2) is 0 Å². The molecule has 0 heterocycles. The van der Waals surface area contributed by atoms with Gasteiger partial charge in [0.25, 0.3) is 0 Å². The molecule has 0 unspecified atom stereocenters. The first-order chi connectivity index (χ1) is 10.6. The highest BCUT2D eigenvalue weighted by molar-refractivity contribution is 9.10. The van der Waals surface area contributed by atoms with Crippen molar-refractivity contribution in [3.05, 3.63) is 69.7 Å². The van der Waals surface area contributed by atoms with E-state index in [4.69, 9.17) is 5.73 Å². The maximum absolute atomic E-state index is 11.1. The van der Waals surface area contributed by atoms with Crippen LogP contribution in [0.4, 0.5) is 0 Å². The van der Waals surface area contributed by atoms with E-state index in [1.54, 1.807) is 0 Å². The zero-order chi connectivity index (χ0) is 15.5. The van der Waals surface area contributed by atoms with Gasteiger partial charge in [-0.3, -0.25) is 9.69 Å². The Kier molecular flexibility index (Phi) is 4.60. The van der Waals surface area contributed by atoms with Gasteiger partial charge in [-0.05, 0) is 48.2 Å². The van der Waals surface area contributed by atoms with Gasteiger partial charge in [-0.2, -0.15) is 0 Å². The van der Waals surface area contributed by atoms with E-state index in [0.29, 0.717) is 11.6 Å². The van der Waals surface area contributed by atoms with Crippen molar-refractivity contribution < 1.29 is 4.79 Å². The van der Waals surface area contributed by atoms with Gasteiger partial charge in [-0.15, -0.1) is 0 Å². The zero-order valence-corrected chi connectivity index (χ0v) is 13.9. The summed E-state index contributed by atoms with van der Waals surface area (Å²) in [5.74, 6) is -0.375. The summed E-state index contributed by atoms with van der Waals surface area (Å²) in [7, 11) is 0. The lowest BCUT2D eigenvalue weighted by Crippen LogP contribution is -2.25. The van der Waals surface area contributed by atoms with Crippen LogP contribution < -0.4 is 5.73 Å². The molecule has 2 aromatic rings. The Bertz CT molecular complexity index is 648. The number of carbonyl (C=O) groups is 1. The minimum absolute atomic E-state index is 0.375. The van der Waals surface area contributed by atoms with Crippen molar-refractivity contribution in [3.63, 3.8) is 0 Å². The summed E-state index contributed by atoms with van der Waals surface area (Å²) >= 11 is 3.47. The number of amides is 1. The molecule has 0 spiro atoms. The fraction of sp³-hybridized carbons (Fsp3) is 0.278. The van der Waals surface area contributed by atoms with Gasteiger partial charge in [0, 0.05) is 29.2 Å². The third-order valence-corrected chi connectivity index (χ3v) is 4.51. The highest BCUT2D eigenvalue weighted by Gasteiger charge is 2.28. The van der Waals surface area contributed by atoms with E-state index < -0.39 is 0 Å². The largest absolute Gasteiger partial charge is 0.366 e. The number of hydrogen-bond acceptors (Lipinski definition) is 2. The summed E-state index contributed by atoms with van der Waals surface area (Å²) < 4.78 is 1.11. The number of halogens is 1. The molecular weight excluding hydrogens is 340 g/mol. The molecule has 3 rings (SSSR count). The van der Waals surface area contributed by atoms with Crippen molar-refractivity contribution in [2.75, 3.05) is 0 Å². The molecule has 0 radical (unpaired) electrons. The van der Waals surface area contributed by atoms with Crippen LogP contribution in [0, 0.1) is 0 Å². The molecule has 22 heavy (non-hydrogen) atoms. The van der Waals surface area contributed by atoms with Crippen LogP contribution in [0.2, 0.25) is 0 Å². The summed E-state index contributed by atoms with van der Waals surface area (Å²) in [6.07, 6.45) is 2.55.